The number of nitrogens with zero attached hydrogens (tertiary/aromatic N) is 2. The number of fused-ring (bicyclic) bond motifs is 1. The van der Waals surface area contributed by atoms with Gasteiger partial charge in [-0.25, -0.2) is 4.98 Å². The van der Waals surface area contributed by atoms with E-state index in [2.05, 4.69) is 20.5 Å². The number of amides is 1. The fourth-order valence-corrected chi connectivity index (χ4v) is 2.99. The van der Waals surface area contributed by atoms with Gasteiger partial charge in [0.25, 0.3) is 5.91 Å². The SMILES string of the molecule is O=C(Nc1ccc2cn[nH]c2c1)c1ccc(-c2nccs2)cc1. The summed E-state index contributed by atoms with van der Waals surface area (Å²) >= 11 is 1.57. The van der Waals surface area contributed by atoms with E-state index in [1.165, 1.54) is 0 Å². The molecule has 5 nitrogen and oxygen atoms in total. The van der Waals surface area contributed by atoms with Gasteiger partial charge in [0.15, 0.2) is 0 Å². The molecule has 2 aromatic heterocycles. The molecule has 112 valence electrons. The van der Waals surface area contributed by atoms with Crippen LogP contribution in [0.5, 0.6) is 0 Å². The first-order valence-corrected chi connectivity index (χ1v) is 7.92. The molecule has 1 amide bonds. The van der Waals surface area contributed by atoms with Gasteiger partial charge in [-0.3, -0.25) is 9.89 Å². The minimum atomic E-state index is -0.144. The molecule has 0 unspecified atom stereocenters. The van der Waals surface area contributed by atoms with Crippen LogP contribution < -0.4 is 5.32 Å². The highest BCUT2D eigenvalue weighted by Crippen LogP contribution is 2.22. The third-order valence-corrected chi connectivity index (χ3v) is 4.35. The van der Waals surface area contributed by atoms with Crippen LogP contribution in [0.4, 0.5) is 5.69 Å². The van der Waals surface area contributed by atoms with Crippen LogP contribution in [0.2, 0.25) is 0 Å². The van der Waals surface area contributed by atoms with Crippen molar-refractivity contribution < 1.29 is 4.79 Å². The number of benzene rings is 2. The highest BCUT2D eigenvalue weighted by Gasteiger charge is 2.08. The highest BCUT2D eigenvalue weighted by atomic mass is 32.1. The molecule has 4 aromatic rings. The summed E-state index contributed by atoms with van der Waals surface area (Å²) in [5.74, 6) is -0.144. The molecule has 0 aliphatic carbocycles. The number of rotatable bonds is 3. The minimum absolute atomic E-state index is 0.144. The Bertz CT molecular complexity index is 958. The van der Waals surface area contributed by atoms with Crippen LogP contribution >= 0.6 is 11.3 Å². The second-order valence-electron chi connectivity index (χ2n) is 5.04. The molecule has 0 saturated heterocycles. The van der Waals surface area contributed by atoms with E-state index in [1.807, 2.05) is 35.7 Å². The molecular formula is C17H12N4OS. The first kappa shape index (κ1) is 13.7. The molecule has 2 N–H and O–H groups in total. The van der Waals surface area contributed by atoms with Gasteiger partial charge in [-0.05, 0) is 30.3 Å². The van der Waals surface area contributed by atoms with E-state index in [0.717, 1.165) is 27.2 Å². The van der Waals surface area contributed by atoms with Gasteiger partial charge >= 0.3 is 0 Å². The maximum atomic E-state index is 12.3. The summed E-state index contributed by atoms with van der Waals surface area (Å²) in [5, 5.41) is 13.6. The van der Waals surface area contributed by atoms with E-state index in [0.29, 0.717) is 5.56 Å². The fourth-order valence-electron chi connectivity index (χ4n) is 2.35. The number of nitrogens with one attached hydrogen (secondary N) is 2. The van der Waals surface area contributed by atoms with Gasteiger partial charge in [0.2, 0.25) is 0 Å². The van der Waals surface area contributed by atoms with Gasteiger partial charge in [0.05, 0.1) is 11.7 Å². The lowest BCUT2D eigenvalue weighted by molar-refractivity contribution is 0.102. The summed E-state index contributed by atoms with van der Waals surface area (Å²) in [4.78, 5) is 16.6. The molecule has 0 atom stereocenters. The number of thiazole rings is 1. The Kier molecular flexibility index (Phi) is 3.36. The van der Waals surface area contributed by atoms with Crippen molar-refractivity contribution in [3.05, 3.63) is 65.8 Å². The van der Waals surface area contributed by atoms with Gasteiger partial charge in [0, 0.05) is 33.8 Å². The van der Waals surface area contributed by atoms with E-state index in [4.69, 9.17) is 0 Å². The van der Waals surface area contributed by atoms with Crippen molar-refractivity contribution >= 4 is 33.8 Å². The van der Waals surface area contributed by atoms with Gasteiger partial charge < -0.3 is 5.32 Å². The summed E-state index contributed by atoms with van der Waals surface area (Å²) in [6.07, 6.45) is 3.52. The maximum Gasteiger partial charge on any atom is 0.255 e. The Hall–Kier alpha value is -2.99. The molecule has 2 heterocycles. The van der Waals surface area contributed by atoms with Crippen molar-refractivity contribution in [1.82, 2.24) is 15.2 Å². The van der Waals surface area contributed by atoms with Crippen LogP contribution in [-0.2, 0) is 0 Å². The third-order valence-electron chi connectivity index (χ3n) is 3.53. The smallest absolute Gasteiger partial charge is 0.255 e. The molecule has 0 aliphatic heterocycles. The quantitative estimate of drug-likeness (QED) is 0.600. The summed E-state index contributed by atoms with van der Waals surface area (Å²) in [6.45, 7) is 0. The number of H-pyrrole nitrogens is 1. The number of anilines is 1. The molecule has 2 aromatic carbocycles. The summed E-state index contributed by atoms with van der Waals surface area (Å²) in [5.41, 5.74) is 3.24. The lowest BCUT2D eigenvalue weighted by Crippen LogP contribution is -2.11. The van der Waals surface area contributed by atoms with Crippen LogP contribution in [0.15, 0.2) is 60.2 Å². The molecule has 0 saturated carbocycles. The van der Waals surface area contributed by atoms with Crippen molar-refractivity contribution in [1.29, 1.82) is 0 Å². The Labute approximate surface area is 136 Å². The number of aromatic amines is 1. The number of carbonyl (C=O) groups excluding carboxylic acids is 1. The first-order valence-electron chi connectivity index (χ1n) is 7.04. The Morgan fingerprint density at radius 3 is 2.78 bits per heavy atom. The summed E-state index contributed by atoms with van der Waals surface area (Å²) < 4.78 is 0. The van der Waals surface area contributed by atoms with Gasteiger partial charge in [0.1, 0.15) is 5.01 Å². The van der Waals surface area contributed by atoms with E-state index < -0.39 is 0 Å². The fraction of sp³-hybridized carbons (Fsp3) is 0. The predicted molar refractivity (Wildman–Crippen MR) is 91.6 cm³/mol. The zero-order valence-electron chi connectivity index (χ0n) is 12.0. The first-order chi connectivity index (χ1) is 11.3. The molecular weight excluding hydrogens is 308 g/mol. The second-order valence-corrected chi connectivity index (χ2v) is 5.94. The van der Waals surface area contributed by atoms with Crippen molar-refractivity contribution in [2.45, 2.75) is 0 Å². The molecule has 6 heteroatoms. The number of hydrogen-bond acceptors (Lipinski definition) is 4. The van der Waals surface area contributed by atoms with Crippen LogP contribution in [0, 0.1) is 0 Å². The predicted octanol–water partition coefficient (Wildman–Crippen LogP) is 3.94. The van der Waals surface area contributed by atoms with Crippen LogP contribution in [0.25, 0.3) is 21.5 Å². The zero-order valence-corrected chi connectivity index (χ0v) is 12.8. The molecule has 23 heavy (non-hydrogen) atoms. The Morgan fingerprint density at radius 1 is 1.13 bits per heavy atom. The van der Waals surface area contributed by atoms with Crippen molar-refractivity contribution in [2.24, 2.45) is 0 Å². The van der Waals surface area contributed by atoms with Crippen LogP contribution in [0.3, 0.4) is 0 Å². The summed E-state index contributed by atoms with van der Waals surface area (Å²) in [6, 6.07) is 13.1. The lowest BCUT2D eigenvalue weighted by atomic mass is 10.1. The molecule has 4 rings (SSSR count). The molecule has 0 spiro atoms. The van der Waals surface area contributed by atoms with Gasteiger partial charge in [-0.15, -0.1) is 11.3 Å². The Morgan fingerprint density at radius 2 is 2.00 bits per heavy atom. The average molecular weight is 320 g/mol. The molecule has 0 radical (unpaired) electrons. The largest absolute Gasteiger partial charge is 0.322 e. The molecule has 0 bridgehead atoms. The number of aromatic nitrogens is 3. The van der Waals surface area contributed by atoms with E-state index >= 15 is 0 Å². The standard InChI is InChI=1S/C17H12N4OS/c22-16(20-14-6-5-13-10-19-21-15(13)9-14)11-1-3-12(4-2-11)17-18-7-8-23-17/h1-10H,(H,19,21)(H,20,22). The molecule has 0 fully saturated rings. The third kappa shape index (κ3) is 2.72. The average Bonchev–Trinajstić information content (AvgIpc) is 3.26. The van der Waals surface area contributed by atoms with Crippen LogP contribution in [0.1, 0.15) is 10.4 Å². The minimum Gasteiger partial charge on any atom is -0.322 e. The normalized spacial score (nSPS) is 10.8. The zero-order chi connectivity index (χ0) is 15.6. The topological polar surface area (TPSA) is 70.7 Å². The van der Waals surface area contributed by atoms with Gasteiger partial charge in [-0.2, -0.15) is 5.10 Å². The summed E-state index contributed by atoms with van der Waals surface area (Å²) in [7, 11) is 0. The lowest BCUT2D eigenvalue weighted by Gasteiger charge is -2.06. The maximum absolute atomic E-state index is 12.3. The highest BCUT2D eigenvalue weighted by molar-refractivity contribution is 7.13. The monoisotopic (exact) mass is 320 g/mol. The van der Waals surface area contributed by atoms with Crippen molar-refractivity contribution in [2.75, 3.05) is 5.32 Å². The van der Waals surface area contributed by atoms with Crippen molar-refractivity contribution in [3.8, 4) is 10.6 Å². The van der Waals surface area contributed by atoms with E-state index in [1.54, 1.807) is 35.9 Å². The molecule has 0 aliphatic rings. The van der Waals surface area contributed by atoms with E-state index in [-0.39, 0.29) is 5.91 Å². The number of hydrogen-bond donors (Lipinski definition) is 2. The van der Waals surface area contributed by atoms with E-state index in [9.17, 15) is 4.79 Å². The van der Waals surface area contributed by atoms with Crippen LogP contribution in [-0.4, -0.2) is 21.1 Å². The van der Waals surface area contributed by atoms with Gasteiger partial charge in [-0.1, -0.05) is 12.1 Å². The Balaban J connectivity index is 1.54. The number of carbonyl (C=O) groups is 1. The van der Waals surface area contributed by atoms with Crippen molar-refractivity contribution in [3.63, 3.8) is 0 Å². The second kappa shape index (κ2) is 5.66.